The lowest BCUT2D eigenvalue weighted by Crippen LogP contribution is -2.14. The minimum atomic E-state index is -0.614. The normalized spacial score (nSPS) is 10.6. The number of anilines is 2. The fourth-order valence-electron chi connectivity index (χ4n) is 2.99. The lowest BCUT2D eigenvalue weighted by molar-refractivity contribution is 0.0995. The molecule has 2 amide bonds. The molecule has 0 saturated heterocycles. The topological polar surface area (TPSA) is 80.6 Å². The largest absolute Gasteiger partial charge is 0.494 e. The van der Waals surface area contributed by atoms with Crippen LogP contribution in [0.1, 0.15) is 20.9 Å². The first kappa shape index (κ1) is 19.2. The van der Waals surface area contributed by atoms with Crippen LogP contribution in [0.25, 0.3) is 11.0 Å². The molecule has 0 atom stereocenters. The van der Waals surface area contributed by atoms with Gasteiger partial charge in [0.25, 0.3) is 11.8 Å². The minimum Gasteiger partial charge on any atom is -0.494 e. The summed E-state index contributed by atoms with van der Waals surface area (Å²) in [5.41, 5.74) is 1.33. The van der Waals surface area contributed by atoms with Crippen LogP contribution < -0.4 is 15.4 Å². The van der Waals surface area contributed by atoms with E-state index in [0.717, 1.165) is 5.39 Å². The number of furan rings is 1. The van der Waals surface area contributed by atoms with Gasteiger partial charge < -0.3 is 19.8 Å². The number of rotatable bonds is 5. The van der Waals surface area contributed by atoms with Crippen molar-refractivity contribution in [3.05, 3.63) is 89.9 Å². The lowest BCUT2D eigenvalue weighted by atomic mass is 10.2. The molecule has 150 valence electrons. The zero-order valence-electron chi connectivity index (χ0n) is 15.9. The molecule has 0 aliphatic carbocycles. The lowest BCUT2D eigenvalue weighted by Gasteiger charge is -2.12. The van der Waals surface area contributed by atoms with Gasteiger partial charge in [0, 0.05) is 17.1 Å². The third kappa shape index (κ3) is 3.86. The maximum atomic E-state index is 13.8. The van der Waals surface area contributed by atoms with Crippen LogP contribution in [0.2, 0.25) is 0 Å². The fourth-order valence-corrected chi connectivity index (χ4v) is 2.99. The summed E-state index contributed by atoms with van der Waals surface area (Å²) >= 11 is 0. The van der Waals surface area contributed by atoms with Crippen molar-refractivity contribution in [1.82, 2.24) is 0 Å². The van der Waals surface area contributed by atoms with Crippen LogP contribution in [0.15, 0.2) is 77.2 Å². The quantitative estimate of drug-likeness (QED) is 0.486. The zero-order chi connectivity index (χ0) is 21.1. The highest BCUT2D eigenvalue weighted by Gasteiger charge is 2.16. The Morgan fingerprint density at radius 1 is 0.900 bits per heavy atom. The van der Waals surface area contributed by atoms with Crippen LogP contribution in [-0.4, -0.2) is 18.9 Å². The Morgan fingerprint density at radius 2 is 1.67 bits per heavy atom. The van der Waals surface area contributed by atoms with E-state index in [1.165, 1.54) is 31.4 Å². The molecule has 3 aromatic carbocycles. The monoisotopic (exact) mass is 404 g/mol. The molecule has 0 saturated carbocycles. The van der Waals surface area contributed by atoms with Crippen molar-refractivity contribution in [2.45, 2.75) is 0 Å². The van der Waals surface area contributed by atoms with E-state index < -0.39 is 17.6 Å². The molecule has 2 N–H and O–H groups in total. The van der Waals surface area contributed by atoms with Crippen molar-refractivity contribution in [2.75, 3.05) is 17.7 Å². The first-order valence-corrected chi connectivity index (χ1v) is 9.09. The molecule has 0 aliphatic heterocycles. The summed E-state index contributed by atoms with van der Waals surface area (Å²) in [5, 5.41) is 6.16. The third-order valence-corrected chi connectivity index (χ3v) is 4.48. The summed E-state index contributed by atoms with van der Waals surface area (Å²) in [6.45, 7) is 0. The van der Waals surface area contributed by atoms with E-state index in [2.05, 4.69) is 10.6 Å². The molecule has 0 spiro atoms. The van der Waals surface area contributed by atoms with Crippen molar-refractivity contribution >= 4 is 34.2 Å². The summed E-state index contributed by atoms with van der Waals surface area (Å²) in [6, 6.07) is 19.4. The van der Waals surface area contributed by atoms with Crippen molar-refractivity contribution in [3.63, 3.8) is 0 Å². The smallest absolute Gasteiger partial charge is 0.291 e. The number of nitrogens with one attached hydrogen (secondary N) is 2. The standard InChI is InChI=1S/C23H17FN2O4/c1-29-20-13-15(25-22(27)16-7-3-4-8-17(16)24)10-11-18(20)26-23(28)21-12-14-6-2-5-9-19(14)30-21/h2-13H,1H3,(H,25,27)(H,26,28). The Bertz CT molecular complexity index is 1220. The van der Waals surface area contributed by atoms with E-state index in [4.69, 9.17) is 9.15 Å². The number of methoxy groups -OCH3 is 1. The first-order chi connectivity index (χ1) is 14.5. The number of ether oxygens (including phenoxy) is 1. The number of carbonyl (C=O) groups excluding carboxylic acids is 2. The SMILES string of the molecule is COc1cc(NC(=O)c2ccccc2F)ccc1NC(=O)c1cc2ccccc2o1. The van der Waals surface area contributed by atoms with Gasteiger partial charge in [0.1, 0.15) is 17.1 Å². The van der Waals surface area contributed by atoms with Crippen LogP contribution >= 0.6 is 0 Å². The Morgan fingerprint density at radius 3 is 2.43 bits per heavy atom. The van der Waals surface area contributed by atoms with E-state index in [9.17, 15) is 14.0 Å². The van der Waals surface area contributed by atoms with E-state index in [0.29, 0.717) is 22.7 Å². The Balaban J connectivity index is 1.52. The molecule has 7 heteroatoms. The molecule has 1 heterocycles. The van der Waals surface area contributed by atoms with E-state index in [1.807, 2.05) is 18.2 Å². The van der Waals surface area contributed by atoms with Gasteiger partial charge in [0.05, 0.1) is 18.4 Å². The molecule has 4 rings (SSSR count). The molecule has 0 aliphatic rings. The van der Waals surface area contributed by atoms with Crippen molar-refractivity contribution in [1.29, 1.82) is 0 Å². The Labute approximate surface area is 171 Å². The van der Waals surface area contributed by atoms with E-state index in [-0.39, 0.29) is 11.3 Å². The average Bonchev–Trinajstić information content (AvgIpc) is 3.19. The fraction of sp³-hybridized carbons (Fsp3) is 0.0435. The maximum absolute atomic E-state index is 13.8. The number of para-hydroxylation sites is 1. The number of fused-ring (bicyclic) bond motifs is 1. The number of hydrogen-bond acceptors (Lipinski definition) is 4. The molecule has 1 aromatic heterocycles. The predicted octanol–water partition coefficient (Wildman–Crippen LogP) is 5.09. The Kier molecular flexibility index (Phi) is 5.17. The summed E-state index contributed by atoms with van der Waals surface area (Å²) in [6.07, 6.45) is 0. The summed E-state index contributed by atoms with van der Waals surface area (Å²) in [5.74, 6) is -1.15. The molecule has 0 fully saturated rings. The van der Waals surface area contributed by atoms with Gasteiger partial charge in [0.15, 0.2) is 5.76 Å². The molecule has 30 heavy (non-hydrogen) atoms. The van der Waals surface area contributed by atoms with Crippen LogP contribution in [0, 0.1) is 5.82 Å². The van der Waals surface area contributed by atoms with Gasteiger partial charge in [-0.3, -0.25) is 9.59 Å². The van der Waals surface area contributed by atoms with Crippen LogP contribution in [0.5, 0.6) is 5.75 Å². The van der Waals surface area contributed by atoms with Crippen LogP contribution in [-0.2, 0) is 0 Å². The molecule has 0 unspecified atom stereocenters. The van der Waals surface area contributed by atoms with Crippen LogP contribution in [0.4, 0.5) is 15.8 Å². The molecule has 0 bridgehead atoms. The van der Waals surface area contributed by atoms with Crippen molar-refractivity contribution in [3.8, 4) is 5.75 Å². The molecule has 6 nitrogen and oxygen atoms in total. The maximum Gasteiger partial charge on any atom is 0.291 e. The molecular formula is C23H17FN2O4. The van der Waals surface area contributed by atoms with Gasteiger partial charge in [-0.2, -0.15) is 0 Å². The van der Waals surface area contributed by atoms with Gasteiger partial charge in [-0.15, -0.1) is 0 Å². The van der Waals surface area contributed by atoms with Gasteiger partial charge in [-0.1, -0.05) is 30.3 Å². The van der Waals surface area contributed by atoms with Gasteiger partial charge >= 0.3 is 0 Å². The molecule has 0 radical (unpaired) electrons. The van der Waals surface area contributed by atoms with E-state index in [1.54, 1.807) is 30.3 Å². The van der Waals surface area contributed by atoms with Crippen molar-refractivity contribution < 1.29 is 23.1 Å². The second-order valence-corrected chi connectivity index (χ2v) is 6.45. The highest BCUT2D eigenvalue weighted by Crippen LogP contribution is 2.29. The number of benzene rings is 3. The van der Waals surface area contributed by atoms with Crippen molar-refractivity contribution in [2.24, 2.45) is 0 Å². The second-order valence-electron chi connectivity index (χ2n) is 6.45. The average molecular weight is 404 g/mol. The zero-order valence-corrected chi connectivity index (χ0v) is 15.9. The summed E-state index contributed by atoms with van der Waals surface area (Å²) in [7, 11) is 1.44. The molecular weight excluding hydrogens is 387 g/mol. The second kappa shape index (κ2) is 8.08. The number of amides is 2. The summed E-state index contributed by atoms with van der Waals surface area (Å²) in [4.78, 5) is 24.9. The van der Waals surface area contributed by atoms with Gasteiger partial charge in [-0.25, -0.2) is 4.39 Å². The highest BCUT2D eigenvalue weighted by molar-refractivity contribution is 6.06. The highest BCUT2D eigenvalue weighted by atomic mass is 19.1. The predicted molar refractivity (Wildman–Crippen MR) is 112 cm³/mol. The first-order valence-electron chi connectivity index (χ1n) is 9.09. The minimum absolute atomic E-state index is 0.0706. The number of halogens is 1. The van der Waals surface area contributed by atoms with Gasteiger partial charge in [0.2, 0.25) is 0 Å². The van der Waals surface area contributed by atoms with Gasteiger partial charge in [-0.05, 0) is 36.4 Å². The Hall–Kier alpha value is -4.13. The summed E-state index contributed by atoms with van der Waals surface area (Å²) < 4.78 is 24.7. The molecule has 4 aromatic rings. The number of hydrogen-bond donors (Lipinski definition) is 2. The third-order valence-electron chi connectivity index (χ3n) is 4.48. The van der Waals surface area contributed by atoms with Crippen LogP contribution in [0.3, 0.4) is 0 Å². The van der Waals surface area contributed by atoms with E-state index >= 15 is 0 Å². The number of carbonyl (C=O) groups is 2.